The van der Waals surface area contributed by atoms with E-state index < -0.39 is 0 Å². The monoisotopic (exact) mass is 255 g/mol. The molecule has 17 heavy (non-hydrogen) atoms. The standard InChI is InChI=1S/C11H11ClFN3O/c12-7-10-15-16-11(17-10)14-6-5-8-1-3-9(13)4-2-8/h1-4H,5-7H2,(H,14,16). The Morgan fingerprint density at radius 3 is 2.65 bits per heavy atom. The van der Waals surface area contributed by atoms with E-state index in [0.717, 1.165) is 12.0 Å². The van der Waals surface area contributed by atoms with Crippen molar-refractivity contribution in [2.45, 2.75) is 12.3 Å². The number of nitrogens with zero attached hydrogens (tertiary/aromatic N) is 2. The lowest BCUT2D eigenvalue weighted by molar-refractivity contribution is 0.525. The van der Waals surface area contributed by atoms with Crippen LogP contribution < -0.4 is 5.32 Å². The zero-order valence-corrected chi connectivity index (χ0v) is 9.75. The highest BCUT2D eigenvalue weighted by atomic mass is 35.5. The highest BCUT2D eigenvalue weighted by molar-refractivity contribution is 6.16. The molecular weight excluding hydrogens is 245 g/mol. The number of benzene rings is 1. The van der Waals surface area contributed by atoms with E-state index in [1.54, 1.807) is 12.1 Å². The number of anilines is 1. The third kappa shape index (κ3) is 3.42. The third-order valence-corrected chi connectivity index (χ3v) is 2.41. The fourth-order valence-corrected chi connectivity index (χ4v) is 1.45. The van der Waals surface area contributed by atoms with Gasteiger partial charge in [-0.3, -0.25) is 0 Å². The fourth-order valence-electron chi connectivity index (χ4n) is 1.34. The quantitative estimate of drug-likeness (QED) is 0.835. The van der Waals surface area contributed by atoms with Crippen LogP contribution in [0.1, 0.15) is 11.5 Å². The summed E-state index contributed by atoms with van der Waals surface area (Å²) in [5, 5.41) is 10.4. The molecule has 1 aromatic heterocycles. The van der Waals surface area contributed by atoms with E-state index in [1.807, 2.05) is 0 Å². The zero-order valence-electron chi connectivity index (χ0n) is 8.99. The first-order valence-corrected chi connectivity index (χ1v) is 5.68. The topological polar surface area (TPSA) is 51.0 Å². The highest BCUT2D eigenvalue weighted by Gasteiger charge is 2.03. The summed E-state index contributed by atoms with van der Waals surface area (Å²) in [5.41, 5.74) is 1.04. The second-order valence-corrected chi connectivity index (χ2v) is 3.71. The van der Waals surface area contributed by atoms with Crippen LogP contribution in [0, 0.1) is 5.82 Å². The number of nitrogens with one attached hydrogen (secondary N) is 1. The molecule has 0 unspecified atom stereocenters. The Hall–Kier alpha value is -1.62. The van der Waals surface area contributed by atoms with E-state index >= 15 is 0 Å². The summed E-state index contributed by atoms with van der Waals surface area (Å²) in [5.74, 6) is 0.355. The van der Waals surface area contributed by atoms with Crippen LogP contribution >= 0.6 is 11.6 Å². The molecule has 0 aliphatic heterocycles. The number of aromatic nitrogens is 2. The van der Waals surface area contributed by atoms with Crippen LogP contribution in [-0.4, -0.2) is 16.7 Å². The predicted octanol–water partition coefficient (Wildman–Crippen LogP) is 2.60. The van der Waals surface area contributed by atoms with Gasteiger partial charge < -0.3 is 9.73 Å². The molecule has 0 aliphatic rings. The highest BCUT2D eigenvalue weighted by Crippen LogP contribution is 2.08. The molecule has 4 nitrogen and oxygen atoms in total. The molecule has 0 saturated carbocycles. The predicted molar refractivity (Wildman–Crippen MR) is 62.4 cm³/mol. The van der Waals surface area contributed by atoms with Gasteiger partial charge in [-0.05, 0) is 24.1 Å². The summed E-state index contributed by atoms with van der Waals surface area (Å²) in [4.78, 5) is 0. The van der Waals surface area contributed by atoms with Crippen molar-refractivity contribution >= 4 is 17.6 Å². The van der Waals surface area contributed by atoms with Crippen LogP contribution in [0.2, 0.25) is 0 Å². The molecule has 2 aromatic rings. The largest absolute Gasteiger partial charge is 0.407 e. The van der Waals surface area contributed by atoms with Crippen molar-refractivity contribution in [2.75, 3.05) is 11.9 Å². The maximum absolute atomic E-state index is 12.7. The Bertz CT molecular complexity index is 472. The van der Waals surface area contributed by atoms with Gasteiger partial charge in [0.15, 0.2) is 0 Å². The lowest BCUT2D eigenvalue weighted by atomic mass is 10.1. The summed E-state index contributed by atoms with van der Waals surface area (Å²) < 4.78 is 17.8. The van der Waals surface area contributed by atoms with Gasteiger partial charge in [0.2, 0.25) is 5.89 Å². The van der Waals surface area contributed by atoms with Gasteiger partial charge in [-0.25, -0.2) is 4.39 Å². The minimum absolute atomic E-state index is 0.201. The Kier molecular flexibility index (Phi) is 3.93. The normalized spacial score (nSPS) is 10.5. The molecule has 0 fully saturated rings. The van der Waals surface area contributed by atoms with Gasteiger partial charge in [0.1, 0.15) is 11.7 Å². The van der Waals surface area contributed by atoms with Crippen molar-refractivity contribution in [1.29, 1.82) is 0 Å². The van der Waals surface area contributed by atoms with E-state index in [9.17, 15) is 4.39 Å². The molecule has 0 aliphatic carbocycles. The average molecular weight is 256 g/mol. The molecule has 0 saturated heterocycles. The molecule has 0 bridgehead atoms. The van der Waals surface area contributed by atoms with Crippen molar-refractivity contribution in [3.63, 3.8) is 0 Å². The Balaban J connectivity index is 1.81. The first-order chi connectivity index (χ1) is 8.28. The minimum Gasteiger partial charge on any atom is -0.407 e. The number of rotatable bonds is 5. The number of alkyl halides is 1. The number of hydrogen-bond acceptors (Lipinski definition) is 4. The van der Waals surface area contributed by atoms with Crippen LogP contribution in [-0.2, 0) is 12.3 Å². The maximum Gasteiger partial charge on any atom is 0.315 e. The van der Waals surface area contributed by atoms with Crippen LogP contribution in [0.3, 0.4) is 0 Å². The van der Waals surface area contributed by atoms with Gasteiger partial charge >= 0.3 is 6.01 Å². The molecule has 90 valence electrons. The minimum atomic E-state index is -0.231. The van der Waals surface area contributed by atoms with Gasteiger partial charge in [-0.1, -0.05) is 17.2 Å². The van der Waals surface area contributed by atoms with Gasteiger partial charge in [-0.2, -0.15) is 0 Å². The Morgan fingerprint density at radius 1 is 1.24 bits per heavy atom. The van der Waals surface area contributed by atoms with Crippen molar-refractivity contribution in [1.82, 2.24) is 10.2 Å². The van der Waals surface area contributed by atoms with Crippen LogP contribution in [0.15, 0.2) is 28.7 Å². The Labute approximate surface area is 103 Å². The summed E-state index contributed by atoms with van der Waals surface area (Å²) in [6.07, 6.45) is 0.749. The van der Waals surface area contributed by atoms with E-state index in [2.05, 4.69) is 15.5 Å². The number of hydrogen-bond donors (Lipinski definition) is 1. The molecule has 0 radical (unpaired) electrons. The first kappa shape index (κ1) is 11.9. The Morgan fingerprint density at radius 2 is 2.00 bits per heavy atom. The van der Waals surface area contributed by atoms with Crippen molar-refractivity contribution in [3.05, 3.63) is 41.5 Å². The van der Waals surface area contributed by atoms with Crippen LogP contribution in [0.5, 0.6) is 0 Å². The second kappa shape index (κ2) is 5.63. The molecule has 0 atom stereocenters. The lowest BCUT2D eigenvalue weighted by Crippen LogP contribution is -2.05. The summed E-state index contributed by atoms with van der Waals surface area (Å²) in [6.45, 7) is 0.634. The lowest BCUT2D eigenvalue weighted by Gasteiger charge is -2.01. The van der Waals surface area contributed by atoms with Crippen LogP contribution in [0.25, 0.3) is 0 Å². The molecule has 1 heterocycles. The van der Waals surface area contributed by atoms with Crippen molar-refractivity contribution in [3.8, 4) is 0 Å². The van der Waals surface area contributed by atoms with E-state index in [4.69, 9.17) is 16.0 Å². The maximum atomic E-state index is 12.7. The molecule has 2 rings (SSSR count). The smallest absolute Gasteiger partial charge is 0.315 e. The number of halogens is 2. The third-order valence-electron chi connectivity index (χ3n) is 2.18. The van der Waals surface area contributed by atoms with Crippen molar-refractivity contribution < 1.29 is 8.81 Å². The fraction of sp³-hybridized carbons (Fsp3) is 0.273. The average Bonchev–Trinajstić information content (AvgIpc) is 2.80. The molecule has 6 heteroatoms. The molecule has 0 amide bonds. The van der Waals surface area contributed by atoms with Crippen LogP contribution in [0.4, 0.5) is 10.4 Å². The summed E-state index contributed by atoms with van der Waals surface area (Å²) in [7, 11) is 0. The van der Waals surface area contributed by atoms with E-state index in [0.29, 0.717) is 18.5 Å². The van der Waals surface area contributed by atoms with Crippen molar-refractivity contribution in [2.24, 2.45) is 0 Å². The van der Waals surface area contributed by atoms with Gasteiger partial charge in [0, 0.05) is 6.54 Å². The molecule has 1 aromatic carbocycles. The molecule has 1 N–H and O–H groups in total. The van der Waals surface area contributed by atoms with Gasteiger partial charge in [0.25, 0.3) is 0 Å². The van der Waals surface area contributed by atoms with Gasteiger partial charge in [0.05, 0.1) is 0 Å². The summed E-state index contributed by atoms with van der Waals surface area (Å²) in [6, 6.07) is 6.72. The van der Waals surface area contributed by atoms with E-state index in [1.165, 1.54) is 12.1 Å². The second-order valence-electron chi connectivity index (χ2n) is 3.44. The van der Waals surface area contributed by atoms with Gasteiger partial charge in [-0.15, -0.1) is 16.7 Å². The SMILES string of the molecule is Fc1ccc(CCNc2nnc(CCl)o2)cc1. The van der Waals surface area contributed by atoms with E-state index in [-0.39, 0.29) is 11.7 Å². The first-order valence-electron chi connectivity index (χ1n) is 5.14. The molecular formula is C11H11ClFN3O. The zero-order chi connectivity index (χ0) is 12.1. The molecule has 0 spiro atoms. The summed E-state index contributed by atoms with van der Waals surface area (Å²) >= 11 is 5.53.